The predicted octanol–water partition coefficient (Wildman–Crippen LogP) is 3.61. The third-order valence-electron chi connectivity index (χ3n) is 5.22. The number of aromatic nitrogens is 2. The van der Waals surface area contributed by atoms with Crippen LogP contribution in [0.15, 0.2) is 61.1 Å². The molecule has 146 valence electrons. The smallest absolute Gasteiger partial charge is 0.248 e. The molecule has 1 aromatic carbocycles. The van der Waals surface area contributed by atoms with Crippen LogP contribution in [-0.2, 0) is 0 Å². The molecule has 0 saturated carbocycles. The molecule has 0 radical (unpaired) electrons. The Bertz CT molecular complexity index is 819. The number of anilines is 1. The first kappa shape index (κ1) is 18.5. The van der Waals surface area contributed by atoms with E-state index in [9.17, 15) is 0 Å². The molecule has 1 N–H and O–H groups in total. The minimum absolute atomic E-state index is 0.608. The molecule has 1 aromatic heterocycles. The first-order chi connectivity index (χ1) is 13.8. The predicted molar refractivity (Wildman–Crippen MR) is 112 cm³/mol. The highest BCUT2D eigenvalue weighted by atomic mass is 16.5. The maximum absolute atomic E-state index is 5.92. The van der Waals surface area contributed by atoms with Gasteiger partial charge >= 0.3 is 0 Å². The summed E-state index contributed by atoms with van der Waals surface area (Å²) in [4.78, 5) is 11.1. The molecule has 3 heterocycles. The Morgan fingerprint density at radius 2 is 2.00 bits per heavy atom. The minimum atomic E-state index is 0.608. The van der Waals surface area contributed by atoms with Crippen LogP contribution in [0.3, 0.4) is 0 Å². The summed E-state index contributed by atoms with van der Waals surface area (Å²) in [5, 5.41) is 1.80. The highest BCUT2D eigenvalue weighted by Gasteiger charge is 2.19. The van der Waals surface area contributed by atoms with Crippen LogP contribution in [0.25, 0.3) is 5.70 Å². The third kappa shape index (κ3) is 4.51. The van der Waals surface area contributed by atoms with Crippen LogP contribution >= 0.6 is 0 Å². The molecule has 4 rings (SSSR count). The first-order valence-corrected chi connectivity index (χ1v) is 9.98. The monoisotopic (exact) mass is 377 g/mol. The van der Waals surface area contributed by atoms with Gasteiger partial charge in [0.1, 0.15) is 5.75 Å². The van der Waals surface area contributed by atoms with Gasteiger partial charge in [0.2, 0.25) is 5.95 Å². The number of benzene rings is 1. The van der Waals surface area contributed by atoms with Crippen molar-refractivity contribution >= 4 is 11.6 Å². The van der Waals surface area contributed by atoms with E-state index in [2.05, 4.69) is 39.4 Å². The lowest BCUT2D eigenvalue weighted by Gasteiger charge is -2.25. The molecule has 0 amide bonds. The highest BCUT2D eigenvalue weighted by Crippen LogP contribution is 2.21. The molecule has 28 heavy (non-hydrogen) atoms. The minimum Gasteiger partial charge on any atom is -0.494 e. The lowest BCUT2D eigenvalue weighted by molar-refractivity contribution is 0.230. The van der Waals surface area contributed by atoms with Crippen molar-refractivity contribution in [3.63, 3.8) is 0 Å². The summed E-state index contributed by atoms with van der Waals surface area (Å²) < 4.78 is 5.92. The van der Waals surface area contributed by atoms with E-state index < -0.39 is 0 Å². The van der Waals surface area contributed by atoms with E-state index in [1.54, 1.807) is 23.5 Å². The lowest BCUT2D eigenvalue weighted by atomic mass is 10.1. The fourth-order valence-electron chi connectivity index (χ4n) is 3.64. The van der Waals surface area contributed by atoms with Crippen LogP contribution < -0.4 is 15.2 Å². The lowest BCUT2D eigenvalue weighted by Crippen LogP contribution is -2.34. The molecular formula is C22H27N5O. The fraction of sp³-hybridized carbons (Fsp3) is 0.364. The molecule has 1 atom stereocenters. The summed E-state index contributed by atoms with van der Waals surface area (Å²) in [6.45, 7) is 5.43. The second-order valence-electron chi connectivity index (χ2n) is 7.21. The molecule has 1 saturated heterocycles. The number of nitrogens with zero attached hydrogens (tertiary/aromatic N) is 4. The van der Waals surface area contributed by atoms with E-state index in [-0.39, 0.29) is 0 Å². The summed E-state index contributed by atoms with van der Waals surface area (Å²) in [6.07, 6.45) is 13.1. The van der Waals surface area contributed by atoms with Gasteiger partial charge < -0.3 is 9.64 Å². The van der Waals surface area contributed by atoms with Crippen LogP contribution in [-0.4, -0.2) is 40.6 Å². The van der Waals surface area contributed by atoms with Crippen molar-refractivity contribution in [1.82, 2.24) is 20.3 Å². The zero-order valence-corrected chi connectivity index (χ0v) is 16.3. The Hall–Kier alpha value is -2.86. The van der Waals surface area contributed by atoms with Crippen LogP contribution in [0, 0.1) is 0 Å². The second kappa shape index (κ2) is 8.89. The largest absolute Gasteiger partial charge is 0.494 e. The molecule has 2 aliphatic rings. The Morgan fingerprint density at radius 1 is 1.18 bits per heavy atom. The summed E-state index contributed by atoms with van der Waals surface area (Å²) >= 11 is 0. The molecule has 0 aliphatic carbocycles. The number of allylic oxidation sites excluding steroid dienone is 2. The standard InChI is InChI=1S/C22H27N5O/c1-18-6-2-14-26(18)15-5-17-28-20-10-8-19(9-11-20)21-7-3-16-27(25-21)22-23-12-4-13-24-22/h3-4,7-13,16,18,25H,2,5-6,14-15,17H2,1H3/t18-/m1/s1. The number of hydrazine groups is 1. The Morgan fingerprint density at radius 3 is 2.75 bits per heavy atom. The molecular weight excluding hydrogens is 350 g/mol. The van der Waals surface area contributed by atoms with Crippen molar-refractivity contribution < 1.29 is 4.74 Å². The molecule has 0 spiro atoms. The van der Waals surface area contributed by atoms with E-state index >= 15 is 0 Å². The highest BCUT2D eigenvalue weighted by molar-refractivity contribution is 5.69. The van der Waals surface area contributed by atoms with Gasteiger partial charge in [-0.3, -0.25) is 5.43 Å². The molecule has 6 heteroatoms. The van der Waals surface area contributed by atoms with E-state index in [4.69, 9.17) is 4.74 Å². The molecule has 2 aliphatic heterocycles. The van der Waals surface area contributed by atoms with Crippen molar-refractivity contribution in [2.45, 2.75) is 32.2 Å². The van der Waals surface area contributed by atoms with E-state index in [0.29, 0.717) is 5.95 Å². The van der Waals surface area contributed by atoms with Gasteiger partial charge in [0, 0.05) is 31.2 Å². The number of hydrogen-bond donors (Lipinski definition) is 1. The summed E-state index contributed by atoms with van der Waals surface area (Å²) in [5.74, 6) is 1.52. The second-order valence-corrected chi connectivity index (χ2v) is 7.21. The average Bonchev–Trinajstić information content (AvgIpc) is 3.17. The third-order valence-corrected chi connectivity index (χ3v) is 5.22. The summed E-state index contributed by atoms with van der Waals surface area (Å²) in [6, 6.07) is 10.7. The number of likely N-dealkylation sites (tertiary alicyclic amines) is 1. The number of rotatable bonds is 7. The van der Waals surface area contributed by atoms with Gasteiger partial charge in [-0.1, -0.05) is 0 Å². The molecule has 6 nitrogen and oxygen atoms in total. The van der Waals surface area contributed by atoms with Gasteiger partial charge in [0.15, 0.2) is 0 Å². The fourth-order valence-corrected chi connectivity index (χ4v) is 3.64. The van der Waals surface area contributed by atoms with Crippen LogP contribution in [0.5, 0.6) is 5.75 Å². The maximum Gasteiger partial charge on any atom is 0.248 e. The van der Waals surface area contributed by atoms with Crippen LogP contribution in [0.4, 0.5) is 5.95 Å². The van der Waals surface area contributed by atoms with E-state index in [1.165, 1.54) is 19.4 Å². The number of ether oxygens (including phenoxy) is 1. The Balaban J connectivity index is 1.28. The van der Waals surface area contributed by atoms with Gasteiger partial charge in [-0.15, -0.1) is 0 Å². The van der Waals surface area contributed by atoms with Gasteiger partial charge in [0.25, 0.3) is 0 Å². The molecule has 0 bridgehead atoms. The molecule has 0 unspecified atom stereocenters. The number of nitrogens with one attached hydrogen (secondary N) is 1. The van der Waals surface area contributed by atoms with Crippen molar-refractivity contribution in [3.05, 3.63) is 66.6 Å². The van der Waals surface area contributed by atoms with Gasteiger partial charge in [-0.05, 0) is 80.8 Å². The molecule has 1 fully saturated rings. The average molecular weight is 377 g/mol. The Kier molecular flexibility index (Phi) is 5.87. The maximum atomic E-state index is 5.92. The summed E-state index contributed by atoms with van der Waals surface area (Å²) in [7, 11) is 0. The van der Waals surface area contributed by atoms with Crippen LogP contribution in [0.2, 0.25) is 0 Å². The van der Waals surface area contributed by atoms with Crippen molar-refractivity contribution in [2.24, 2.45) is 0 Å². The van der Waals surface area contributed by atoms with E-state index in [0.717, 1.165) is 42.6 Å². The summed E-state index contributed by atoms with van der Waals surface area (Å²) in [5.41, 5.74) is 5.41. The van der Waals surface area contributed by atoms with E-state index in [1.807, 2.05) is 30.5 Å². The zero-order valence-electron chi connectivity index (χ0n) is 16.3. The quantitative estimate of drug-likeness (QED) is 0.744. The first-order valence-electron chi connectivity index (χ1n) is 9.98. The normalized spacial score (nSPS) is 19.4. The van der Waals surface area contributed by atoms with Gasteiger partial charge in [-0.2, -0.15) is 0 Å². The zero-order chi connectivity index (χ0) is 19.2. The van der Waals surface area contributed by atoms with Crippen molar-refractivity contribution in [2.75, 3.05) is 24.7 Å². The van der Waals surface area contributed by atoms with Crippen molar-refractivity contribution in [1.29, 1.82) is 0 Å². The van der Waals surface area contributed by atoms with Gasteiger partial charge in [-0.25, -0.2) is 15.0 Å². The number of hydrogen-bond acceptors (Lipinski definition) is 6. The Labute approximate surface area is 166 Å². The SMILES string of the molecule is C[C@@H]1CCCN1CCCOc1ccc(C2=CC=CN(c3ncccn3)N2)cc1. The topological polar surface area (TPSA) is 53.5 Å². The van der Waals surface area contributed by atoms with Crippen molar-refractivity contribution in [3.8, 4) is 5.75 Å². The van der Waals surface area contributed by atoms with Crippen LogP contribution in [0.1, 0.15) is 31.7 Å². The molecule has 2 aromatic rings. The van der Waals surface area contributed by atoms with Gasteiger partial charge in [0.05, 0.1) is 12.3 Å².